The summed E-state index contributed by atoms with van der Waals surface area (Å²) in [5.41, 5.74) is 1.85. The number of fused-ring (bicyclic) bond motifs is 1. The first kappa shape index (κ1) is 18.9. The number of rotatable bonds is 8. The monoisotopic (exact) mass is 389 g/mol. The fourth-order valence-corrected chi connectivity index (χ4v) is 4.51. The van der Waals surface area contributed by atoms with Crippen molar-refractivity contribution in [3.05, 3.63) is 65.9 Å². The van der Waals surface area contributed by atoms with Crippen LogP contribution < -0.4 is 4.74 Å². The van der Waals surface area contributed by atoms with E-state index < -0.39 is 15.2 Å². The van der Waals surface area contributed by atoms with Gasteiger partial charge in [-0.25, -0.2) is 13.5 Å². The van der Waals surface area contributed by atoms with Gasteiger partial charge in [0.1, 0.15) is 11.3 Å². The number of carbonyl (C=O) groups excluding carboxylic acids is 1. The number of furan rings is 1. The molecule has 3 aromatic rings. The Bertz CT molecular complexity index is 1030. The highest BCUT2D eigenvalue weighted by atomic mass is 32.2. The largest absolute Gasteiger partial charge is 0.497 e. The van der Waals surface area contributed by atoms with E-state index in [2.05, 4.69) is 0 Å². The number of ether oxygens (including phenoxy) is 1. The number of sulfone groups is 1. The van der Waals surface area contributed by atoms with E-state index in [4.69, 9.17) is 9.15 Å². The van der Waals surface area contributed by atoms with Crippen LogP contribution in [0.4, 0.5) is 0 Å². The number of hydrogen-bond donors (Lipinski definition) is 1. The van der Waals surface area contributed by atoms with Crippen LogP contribution in [-0.2, 0) is 26.8 Å². The Morgan fingerprint density at radius 3 is 2.52 bits per heavy atom. The van der Waals surface area contributed by atoms with Crippen LogP contribution in [0.2, 0.25) is 0 Å². The molecule has 27 heavy (non-hydrogen) atoms. The molecule has 1 N–H and O–H groups in total. The molecule has 0 aliphatic carbocycles. The lowest BCUT2D eigenvalue weighted by molar-refractivity contribution is -0.153. The molecule has 8 heteroatoms. The summed E-state index contributed by atoms with van der Waals surface area (Å²) in [5.74, 6) is 0.308. The lowest BCUT2D eigenvalue weighted by Crippen LogP contribution is -2.40. The molecule has 3 rings (SSSR count). The number of methoxy groups -OCH3 is 1. The number of hydroxylamine groups is 2. The molecule has 0 bridgehead atoms. The Balaban J connectivity index is 1.86. The average molecular weight is 389 g/mol. The van der Waals surface area contributed by atoms with E-state index >= 15 is 0 Å². The Morgan fingerprint density at radius 1 is 1.15 bits per heavy atom. The first-order chi connectivity index (χ1) is 12.9. The summed E-state index contributed by atoms with van der Waals surface area (Å²) in [4.78, 5) is 11.1. The van der Waals surface area contributed by atoms with E-state index in [1.165, 1.54) is 13.4 Å². The molecule has 0 aliphatic rings. The fourth-order valence-electron chi connectivity index (χ4n) is 2.85. The van der Waals surface area contributed by atoms with E-state index in [9.17, 15) is 18.4 Å². The van der Waals surface area contributed by atoms with Crippen LogP contribution >= 0.6 is 0 Å². The molecule has 0 saturated carbocycles. The topological polar surface area (TPSA) is 97.0 Å². The van der Waals surface area contributed by atoms with Crippen LogP contribution in [-0.4, -0.2) is 37.6 Å². The van der Waals surface area contributed by atoms with Gasteiger partial charge in [0.2, 0.25) is 6.41 Å². The standard InChI is InChI=1S/C19H19NO6S/c1-25-17-5-2-14(3-6-17)11-19(20(22)13-21)27(23,24)12-15-4-7-18-16(10-15)8-9-26-18/h2-10,13,19,22H,11-12H2,1H3/t19-/m0/s1. The van der Waals surface area contributed by atoms with Crippen LogP contribution in [0.5, 0.6) is 5.75 Å². The van der Waals surface area contributed by atoms with Crippen LogP contribution in [0.1, 0.15) is 11.1 Å². The van der Waals surface area contributed by atoms with Gasteiger partial charge in [0.25, 0.3) is 0 Å². The molecule has 0 unspecified atom stereocenters. The Labute approximate surface area is 156 Å². The Morgan fingerprint density at radius 2 is 1.85 bits per heavy atom. The van der Waals surface area contributed by atoms with Gasteiger partial charge in [-0.2, -0.15) is 0 Å². The second-order valence-corrected chi connectivity index (χ2v) is 8.25. The lowest BCUT2D eigenvalue weighted by atomic mass is 10.1. The molecule has 7 nitrogen and oxygen atoms in total. The summed E-state index contributed by atoms with van der Waals surface area (Å²) in [6.45, 7) is 0. The van der Waals surface area contributed by atoms with Crippen molar-refractivity contribution in [2.75, 3.05) is 7.11 Å². The van der Waals surface area contributed by atoms with Crippen molar-refractivity contribution >= 4 is 27.2 Å². The number of benzene rings is 2. The predicted molar refractivity (Wildman–Crippen MR) is 99.0 cm³/mol. The van der Waals surface area contributed by atoms with Gasteiger partial charge in [0, 0.05) is 11.8 Å². The van der Waals surface area contributed by atoms with E-state index in [1.807, 2.05) is 0 Å². The minimum atomic E-state index is -3.87. The molecule has 1 heterocycles. The summed E-state index contributed by atoms with van der Waals surface area (Å²) >= 11 is 0. The number of amides is 1. The van der Waals surface area contributed by atoms with Crippen LogP contribution in [0.3, 0.4) is 0 Å². The SMILES string of the molecule is COc1ccc(C[C@@H](N(O)C=O)S(=O)(=O)Cc2ccc3occc3c2)cc1. The van der Waals surface area contributed by atoms with Gasteiger partial charge >= 0.3 is 0 Å². The fraction of sp³-hybridized carbons (Fsp3) is 0.211. The van der Waals surface area contributed by atoms with Crippen molar-refractivity contribution in [2.24, 2.45) is 0 Å². The molecule has 0 saturated heterocycles. The summed E-state index contributed by atoms with van der Waals surface area (Å²) in [6, 6.07) is 13.6. The highest BCUT2D eigenvalue weighted by Gasteiger charge is 2.31. The van der Waals surface area contributed by atoms with Crippen LogP contribution in [0.25, 0.3) is 11.0 Å². The minimum absolute atomic E-state index is 0.0461. The lowest BCUT2D eigenvalue weighted by Gasteiger charge is -2.23. The second kappa shape index (κ2) is 7.81. The van der Waals surface area contributed by atoms with E-state index in [-0.39, 0.29) is 23.6 Å². The van der Waals surface area contributed by atoms with Gasteiger partial charge in [-0.1, -0.05) is 18.2 Å². The molecule has 142 valence electrons. The first-order valence-electron chi connectivity index (χ1n) is 8.16. The van der Waals surface area contributed by atoms with E-state index in [0.29, 0.717) is 22.5 Å². The normalized spacial score (nSPS) is 12.7. The van der Waals surface area contributed by atoms with Gasteiger partial charge in [0.15, 0.2) is 15.2 Å². The first-order valence-corrected chi connectivity index (χ1v) is 9.87. The molecule has 2 aromatic carbocycles. The Kier molecular flexibility index (Phi) is 5.48. The summed E-state index contributed by atoms with van der Waals surface area (Å²) in [7, 11) is -2.34. The van der Waals surface area contributed by atoms with Crippen molar-refractivity contribution in [3.8, 4) is 5.75 Å². The molecular formula is C19H19NO6S. The van der Waals surface area contributed by atoms with Crippen molar-refractivity contribution in [1.82, 2.24) is 5.06 Å². The summed E-state index contributed by atoms with van der Waals surface area (Å²) < 4.78 is 36.1. The smallest absolute Gasteiger partial charge is 0.234 e. The van der Waals surface area contributed by atoms with Gasteiger partial charge in [-0.15, -0.1) is 0 Å². The summed E-state index contributed by atoms with van der Waals surface area (Å²) in [6.07, 6.45) is 1.58. The zero-order chi connectivity index (χ0) is 19.4. The van der Waals surface area contributed by atoms with Crippen LogP contribution in [0.15, 0.2) is 59.2 Å². The number of nitrogens with zero attached hydrogens (tertiary/aromatic N) is 1. The highest BCUT2D eigenvalue weighted by Crippen LogP contribution is 2.22. The molecule has 1 atom stereocenters. The third-order valence-corrected chi connectivity index (χ3v) is 6.22. The summed E-state index contributed by atoms with van der Waals surface area (Å²) in [5, 5.41) is 9.47. The number of hydrogen-bond acceptors (Lipinski definition) is 6. The molecular weight excluding hydrogens is 370 g/mol. The van der Waals surface area contributed by atoms with Crippen molar-refractivity contribution in [3.63, 3.8) is 0 Å². The molecule has 0 radical (unpaired) electrons. The van der Waals surface area contributed by atoms with Crippen LogP contribution in [0, 0.1) is 0 Å². The maximum Gasteiger partial charge on any atom is 0.234 e. The molecule has 1 aromatic heterocycles. The maximum absolute atomic E-state index is 12.9. The van der Waals surface area contributed by atoms with Gasteiger partial charge in [-0.3, -0.25) is 10.0 Å². The van der Waals surface area contributed by atoms with Crippen molar-refractivity contribution < 1.29 is 27.6 Å². The quantitative estimate of drug-likeness (QED) is 0.361. The van der Waals surface area contributed by atoms with Gasteiger partial charge < -0.3 is 9.15 Å². The zero-order valence-electron chi connectivity index (χ0n) is 14.6. The third-order valence-electron chi connectivity index (χ3n) is 4.27. The molecule has 1 amide bonds. The van der Waals surface area contributed by atoms with Crippen molar-refractivity contribution in [2.45, 2.75) is 17.5 Å². The minimum Gasteiger partial charge on any atom is -0.497 e. The van der Waals surface area contributed by atoms with E-state index in [0.717, 1.165) is 5.39 Å². The van der Waals surface area contributed by atoms with Crippen molar-refractivity contribution in [1.29, 1.82) is 0 Å². The second-order valence-electron chi connectivity index (χ2n) is 6.09. The van der Waals surface area contributed by atoms with Gasteiger partial charge in [0.05, 0.1) is 19.1 Å². The highest BCUT2D eigenvalue weighted by molar-refractivity contribution is 7.91. The molecule has 0 spiro atoms. The zero-order valence-corrected chi connectivity index (χ0v) is 15.4. The average Bonchev–Trinajstić information content (AvgIpc) is 3.13. The third kappa shape index (κ3) is 4.29. The van der Waals surface area contributed by atoms with Gasteiger partial charge in [-0.05, 0) is 41.5 Å². The Hall–Kier alpha value is -2.84. The number of carbonyl (C=O) groups is 1. The van der Waals surface area contributed by atoms with E-state index in [1.54, 1.807) is 48.5 Å². The predicted octanol–water partition coefficient (Wildman–Crippen LogP) is 2.77. The molecule has 0 aliphatic heterocycles. The molecule has 0 fully saturated rings. The maximum atomic E-state index is 12.9.